The molecule has 0 fully saturated rings. The molecule has 2 aromatic rings. The molecule has 0 atom stereocenters. The Labute approximate surface area is 122 Å². The third-order valence-corrected chi connectivity index (χ3v) is 3.07. The number of alkyl halides is 3. The van der Waals surface area contributed by atoms with Crippen molar-refractivity contribution in [3.63, 3.8) is 0 Å². The van der Waals surface area contributed by atoms with Crippen molar-refractivity contribution in [3.05, 3.63) is 36.2 Å². The molecular formula is C13H12BrF2N3O. The molecule has 0 spiro atoms. The van der Waals surface area contributed by atoms with Crippen molar-refractivity contribution in [2.45, 2.75) is 6.43 Å². The van der Waals surface area contributed by atoms with Gasteiger partial charge in [-0.25, -0.2) is 8.78 Å². The van der Waals surface area contributed by atoms with E-state index in [4.69, 9.17) is 0 Å². The summed E-state index contributed by atoms with van der Waals surface area (Å²) in [5.74, 6) is -0.433. The SMILES string of the molecule is O=C(c1ccc2nccnc2c1)N(CCBr)CC(F)F. The Morgan fingerprint density at radius 1 is 1.25 bits per heavy atom. The van der Waals surface area contributed by atoms with Crippen molar-refractivity contribution in [3.8, 4) is 0 Å². The van der Waals surface area contributed by atoms with Crippen LogP contribution in [-0.2, 0) is 0 Å². The normalized spacial score (nSPS) is 11.0. The summed E-state index contributed by atoms with van der Waals surface area (Å²) in [7, 11) is 0. The fraction of sp³-hybridized carbons (Fsp3) is 0.308. The molecule has 2 rings (SSSR count). The monoisotopic (exact) mass is 343 g/mol. The van der Waals surface area contributed by atoms with E-state index in [2.05, 4.69) is 25.9 Å². The minimum atomic E-state index is -2.56. The average molecular weight is 344 g/mol. The Kier molecular flexibility index (Phi) is 4.94. The van der Waals surface area contributed by atoms with Crippen LogP contribution in [-0.4, -0.2) is 45.6 Å². The van der Waals surface area contributed by atoms with Gasteiger partial charge in [-0.3, -0.25) is 14.8 Å². The maximum absolute atomic E-state index is 12.5. The molecule has 1 aromatic carbocycles. The van der Waals surface area contributed by atoms with E-state index in [1.807, 2.05) is 0 Å². The van der Waals surface area contributed by atoms with E-state index >= 15 is 0 Å². The van der Waals surface area contributed by atoms with Crippen LogP contribution in [0.5, 0.6) is 0 Å². The predicted octanol–water partition coefficient (Wildman–Crippen LogP) is 2.73. The number of rotatable bonds is 5. The van der Waals surface area contributed by atoms with Gasteiger partial charge in [0.1, 0.15) is 0 Å². The first-order valence-corrected chi connectivity index (χ1v) is 7.08. The second kappa shape index (κ2) is 6.69. The number of carbonyl (C=O) groups excluding carboxylic acids is 1. The van der Waals surface area contributed by atoms with Crippen LogP contribution in [0.25, 0.3) is 11.0 Å². The van der Waals surface area contributed by atoms with E-state index < -0.39 is 18.9 Å². The second-order valence-electron chi connectivity index (χ2n) is 4.09. The molecule has 1 aromatic heterocycles. The van der Waals surface area contributed by atoms with Gasteiger partial charge in [0.25, 0.3) is 12.3 Å². The minimum absolute atomic E-state index is 0.224. The highest BCUT2D eigenvalue weighted by Gasteiger charge is 2.19. The van der Waals surface area contributed by atoms with E-state index in [-0.39, 0.29) is 6.54 Å². The van der Waals surface area contributed by atoms with E-state index in [1.54, 1.807) is 24.4 Å². The lowest BCUT2D eigenvalue weighted by atomic mass is 10.1. The van der Waals surface area contributed by atoms with Crippen LogP contribution in [0.1, 0.15) is 10.4 Å². The van der Waals surface area contributed by atoms with Gasteiger partial charge in [-0.05, 0) is 18.2 Å². The average Bonchev–Trinajstić information content (AvgIpc) is 2.45. The number of amides is 1. The number of benzene rings is 1. The highest BCUT2D eigenvalue weighted by molar-refractivity contribution is 9.09. The maximum Gasteiger partial charge on any atom is 0.255 e. The van der Waals surface area contributed by atoms with Crippen LogP contribution in [0.15, 0.2) is 30.6 Å². The van der Waals surface area contributed by atoms with Gasteiger partial charge >= 0.3 is 0 Å². The fourth-order valence-electron chi connectivity index (χ4n) is 1.82. The van der Waals surface area contributed by atoms with Crippen LogP contribution in [0, 0.1) is 0 Å². The van der Waals surface area contributed by atoms with E-state index in [1.165, 1.54) is 6.20 Å². The van der Waals surface area contributed by atoms with Crippen molar-refractivity contribution < 1.29 is 13.6 Å². The van der Waals surface area contributed by atoms with Gasteiger partial charge in [-0.2, -0.15) is 0 Å². The van der Waals surface area contributed by atoms with E-state index in [0.717, 1.165) is 4.90 Å². The van der Waals surface area contributed by atoms with Gasteiger partial charge in [0.05, 0.1) is 17.6 Å². The maximum atomic E-state index is 12.5. The first kappa shape index (κ1) is 14.8. The summed E-state index contributed by atoms with van der Waals surface area (Å²) in [5.41, 5.74) is 1.55. The van der Waals surface area contributed by atoms with Crippen LogP contribution in [0.2, 0.25) is 0 Å². The molecule has 106 valence electrons. The van der Waals surface area contributed by atoms with Crippen molar-refractivity contribution in [2.24, 2.45) is 0 Å². The lowest BCUT2D eigenvalue weighted by Gasteiger charge is -2.21. The number of fused-ring (bicyclic) bond motifs is 1. The van der Waals surface area contributed by atoms with Gasteiger partial charge in [0.15, 0.2) is 0 Å². The van der Waals surface area contributed by atoms with Gasteiger partial charge in [0, 0.05) is 29.8 Å². The fourth-order valence-corrected chi connectivity index (χ4v) is 2.25. The highest BCUT2D eigenvalue weighted by Crippen LogP contribution is 2.14. The first-order chi connectivity index (χ1) is 9.61. The lowest BCUT2D eigenvalue weighted by molar-refractivity contribution is 0.0572. The Balaban J connectivity index is 2.28. The summed E-state index contributed by atoms with van der Waals surface area (Å²) in [6, 6.07) is 4.80. The Hall–Kier alpha value is -1.63. The quantitative estimate of drug-likeness (QED) is 0.784. The summed E-state index contributed by atoms with van der Waals surface area (Å²) >= 11 is 3.16. The van der Waals surface area contributed by atoms with Gasteiger partial charge in [-0.15, -0.1) is 0 Å². The summed E-state index contributed by atoms with van der Waals surface area (Å²) < 4.78 is 25.0. The van der Waals surface area contributed by atoms with Crippen LogP contribution >= 0.6 is 15.9 Å². The van der Waals surface area contributed by atoms with Crippen LogP contribution < -0.4 is 0 Å². The third-order valence-electron chi connectivity index (χ3n) is 2.72. The molecule has 7 heteroatoms. The molecular weight excluding hydrogens is 332 g/mol. The molecule has 0 N–H and O–H groups in total. The molecule has 0 aliphatic rings. The first-order valence-electron chi connectivity index (χ1n) is 5.96. The molecule has 0 bridgehead atoms. The number of halogens is 3. The zero-order chi connectivity index (χ0) is 14.5. The molecule has 0 aliphatic heterocycles. The Morgan fingerprint density at radius 2 is 1.95 bits per heavy atom. The molecule has 0 aliphatic carbocycles. The number of aromatic nitrogens is 2. The van der Waals surface area contributed by atoms with Gasteiger partial charge in [0.2, 0.25) is 0 Å². The number of nitrogens with zero attached hydrogens (tertiary/aromatic N) is 3. The lowest BCUT2D eigenvalue weighted by Crippen LogP contribution is -2.36. The molecule has 0 radical (unpaired) electrons. The largest absolute Gasteiger partial charge is 0.332 e. The number of carbonyl (C=O) groups is 1. The van der Waals surface area contributed by atoms with E-state index in [9.17, 15) is 13.6 Å². The number of hydrogen-bond donors (Lipinski definition) is 0. The summed E-state index contributed by atoms with van der Waals surface area (Å²) in [5, 5.41) is 0.443. The zero-order valence-electron chi connectivity index (χ0n) is 10.5. The summed E-state index contributed by atoms with van der Waals surface area (Å²) in [6.45, 7) is -0.357. The summed E-state index contributed by atoms with van der Waals surface area (Å²) in [6.07, 6.45) is 0.516. The Morgan fingerprint density at radius 3 is 2.60 bits per heavy atom. The third kappa shape index (κ3) is 3.47. The minimum Gasteiger partial charge on any atom is -0.332 e. The molecule has 0 saturated carbocycles. The number of hydrogen-bond acceptors (Lipinski definition) is 3. The second-order valence-corrected chi connectivity index (χ2v) is 4.88. The van der Waals surface area contributed by atoms with Crippen LogP contribution in [0.3, 0.4) is 0 Å². The highest BCUT2D eigenvalue weighted by atomic mass is 79.9. The van der Waals surface area contributed by atoms with Crippen molar-refractivity contribution >= 4 is 32.9 Å². The molecule has 4 nitrogen and oxygen atoms in total. The molecule has 20 heavy (non-hydrogen) atoms. The van der Waals surface area contributed by atoms with Crippen molar-refractivity contribution in [1.82, 2.24) is 14.9 Å². The zero-order valence-corrected chi connectivity index (χ0v) is 12.1. The van der Waals surface area contributed by atoms with Crippen LogP contribution in [0.4, 0.5) is 8.78 Å². The molecule has 1 heterocycles. The van der Waals surface area contributed by atoms with E-state index in [0.29, 0.717) is 21.9 Å². The standard InChI is InChI=1S/C13H12BrF2N3O/c14-3-6-19(8-12(15)16)13(20)9-1-2-10-11(7-9)18-5-4-17-10/h1-2,4-5,7,12H,3,6,8H2. The van der Waals surface area contributed by atoms with Crippen molar-refractivity contribution in [2.75, 3.05) is 18.4 Å². The molecule has 1 amide bonds. The summed E-state index contributed by atoms with van der Waals surface area (Å²) in [4.78, 5) is 21.6. The van der Waals surface area contributed by atoms with Crippen molar-refractivity contribution in [1.29, 1.82) is 0 Å². The predicted molar refractivity (Wildman–Crippen MR) is 75.2 cm³/mol. The smallest absolute Gasteiger partial charge is 0.255 e. The van der Waals surface area contributed by atoms with Gasteiger partial charge < -0.3 is 4.90 Å². The molecule has 0 saturated heterocycles. The Bertz CT molecular complexity index is 609. The molecule has 0 unspecified atom stereocenters. The van der Waals surface area contributed by atoms with Gasteiger partial charge in [-0.1, -0.05) is 15.9 Å². The topological polar surface area (TPSA) is 46.1 Å².